The Balaban J connectivity index is 1.05. The van der Waals surface area contributed by atoms with E-state index in [1.54, 1.807) is 6.33 Å². The zero-order chi connectivity index (χ0) is 24.0. The number of nitrogens with zero attached hydrogens (tertiary/aromatic N) is 5. The quantitative estimate of drug-likeness (QED) is 0.411. The maximum atomic E-state index is 12.7. The zero-order valence-corrected chi connectivity index (χ0v) is 19.8. The molecule has 0 atom stereocenters. The van der Waals surface area contributed by atoms with Gasteiger partial charge in [-0.2, -0.15) is 0 Å². The molecule has 0 spiro atoms. The van der Waals surface area contributed by atoms with Crippen LogP contribution in [0.3, 0.4) is 0 Å². The number of nitrogen functional groups attached to an aromatic ring is 1. The minimum absolute atomic E-state index is 0.0166. The van der Waals surface area contributed by atoms with Gasteiger partial charge in [0.25, 0.3) is 5.91 Å². The summed E-state index contributed by atoms with van der Waals surface area (Å²) in [5.74, 6) is 0.434. The highest BCUT2D eigenvalue weighted by Crippen LogP contribution is 2.16. The molecular formula is C27H31N7O. The molecular weight excluding hydrogens is 438 g/mol. The van der Waals surface area contributed by atoms with Gasteiger partial charge in [-0.3, -0.25) is 4.79 Å². The highest BCUT2D eigenvalue weighted by Gasteiger charge is 2.21. The van der Waals surface area contributed by atoms with Crippen molar-refractivity contribution >= 4 is 22.9 Å². The molecule has 0 radical (unpaired) electrons. The summed E-state index contributed by atoms with van der Waals surface area (Å²) in [6.07, 6.45) is 7.08. The number of hydrogen-bond acceptors (Lipinski definition) is 6. The summed E-state index contributed by atoms with van der Waals surface area (Å²) in [6.45, 7) is 3.81. The Hall–Kier alpha value is -3.78. The Morgan fingerprint density at radius 2 is 1.69 bits per heavy atom. The van der Waals surface area contributed by atoms with Crippen molar-refractivity contribution in [1.82, 2.24) is 29.7 Å². The fraction of sp³-hybridized carbons (Fsp3) is 0.333. The summed E-state index contributed by atoms with van der Waals surface area (Å²) >= 11 is 0. The molecule has 1 aliphatic rings. The number of carbonyl (C=O) groups is 1. The molecule has 0 saturated carbocycles. The third kappa shape index (κ3) is 5.66. The van der Waals surface area contributed by atoms with Crippen LogP contribution < -0.4 is 11.1 Å². The molecule has 0 unspecified atom stereocenters. The molecule has 4 aromatic rings. The fourth-order valence-electron chi connectivity index (χ4n) is 4.70. The topological polar surface area (TPSA) is 102 Å². The molecule has 3 heterocycles. The van der Waals surface area contributed by atoms with Crippen LogP contribution >= 0.6 is 0 Å². The number of aryl methyl sites for hydroxylation is 1. The van der Waals surface area contributed by atoms with Gasteiger partial charge < -0.3 is 20.5 Å². The largest absolute Gasteiger partial charge is 0.382 e. The second-order valence-electron chi connectivity index (χ2n) is 9.17. The highest BCUT2D eigenvalue weighted by molar-refractivity contribution is 5.94. The fourth-order valence-corrected chi connectivity index (χ4v) is 4.70. The molecule has 1 fully saturated rings. The van der Waals surface area contributed by atoms with Crippen LogP contribution in [0.25, 0.3) is 11.2 Å². The van der Waals surface area contributed by atoms with E-state index in [-0.39, 0.29) is 11.9 Å². The van der Waals surface area contributed by atoms with E-state index in [0.717, 1.165) is 63.1 Å². The van der Waals surface area contributed by atoms with Crippen LogP contribution in [0.15, 0.2) is 67.3 Å². The van der Waals surface area contributed by atoms with Gasteiger partial charge in [-0.1, -0.05) is 42.5 Å². The lowest BCUT2D eigenvalue weighted by Crippen LogP contribution is -2.44. The molecule has 3 N–H and O–H groups in total. The first-order valence-corrected chi connectivity index (χ1v) is 12.2. The first-order chi connectivity index (χ1) is 17.2. The molecule has 8 heteroatoms. The number of aromatic nitrogens is 4. The molecule has 2 aromatic heterocycles. The predicted molar refractivity (Wildman–Crippen MR) is 137 cm³/mol. The Morgan fingerprint density at radius 3 is 2.46 bits per heavy atom. The number of anilines is 1. The normalized spacial score (nSPS) is 14.9. The average Bonchev–Trinajstić information content (AvgIpc) is 3.30. The number of nitrogens with one attached hydrogen (secondary N) is 1. The summed E-state index contributed by atoms with van der Waals surface area (Å²) in [6, 6.07) is 18.6. The van der Waals surface area contributed by atoms with Gasteiger partial charge in [0.05, 0.1) is 6.33 Å². The average molecular weight is 470 g/mol. The van der Waals surface area contributed by atoms with Gasteiger partial charge in [0.1, 0.15) is 11.8 Å². The number of imidazole rings is 1. The van der Waals surface area contributed by atoms with E-state index < -0.39 is 0 Å². The lowest BCUT2D eigenvalue weighted by Gasteiger charge is -2.32. The Bertz CT molecular complexity index is 1260. The molecule has 35 heavy (non-hydrogen) atoms. The molecule has 8 nitrogen and oxygen atoms in total. The maximum absolute atomic E-state index is 12.7. The third-order valence-corrected chi connectivity index (χ3v) is 6.69. The summed E-state index contributed by atoms with van der Waals surface area (Å²) in [4.78, 5) is 27.8. The molecule has 0 bridgehead atoms. The van der Waals surface area contributed by atoms with Crippen LogP contribution in [0.5, 0.6) is 0 Å². The summed E-state index contributed by atoms with van der Waals surface area (Å²) in [5.41, 5.74) is 10.5. The number of piperidine rings is 1. The van der Waals surface area contributed by atoms with Gasteiger partial charge in [0, 0.05) is 31.2 Å². The van der Waals surface area contributed by atoms with E-state index in [0.29, 0.717) is 11.3 Å². The van der Waals surface area contributed by atoms with Crippen LogP contribution in [0.1, 0.15) is 40.7 Å². The number of carbonyl (C=O) groups excluding carboxylic acids is 1. The minimum atomic E-state index is 0.0166. The summed E-state index contributed by atoms with van der Waals surface area (Å²) in [5, 5.41) is 3.22. The van der Waals surface area contributed by atoms with E-state index in [2.05, 4.69) is 49.4 Å². The minimum Gasteiger partial charge on any atom is -0.382 e. The van der Waals surface area contributed by atoms with E-state index in [1.807, 2.05) is 34.9 Å². The molecule has 180 valence electrons. The van der Waals surface area contributed by atoms with Crippen LogP contribution in [0.4, 0.5) is 5.82 Å². The first kappa shape index (κ1) is 23.0. The number of nitrogens with two attached hydrogens (primary N) is 1. The van der Waals surface area contributed by atoms with Gasteiger partial charge in [0.2, 0.25) is 0 Å². The lowest BCUT2D eigenvalue weighted by molar-refractivity contribution is 0.0910. The molecule has 0 aliphatic carbocycles. The third-order valence-electron chi connectivity index (χ3n) is 6.69. The Kier molecular flexibility index (Phi) is 6.99. The van der Waals surface area contributed by atoms with Crippen molar-refractivity contribution in [2.75, 3.05) is 25.4 Å². The van der Waals surface area contributed by atoms with Gasteiger partial charge in [-0.15, -0.1) is 0 Å². The molecule has 5 rings (SSSR count). The van der Waals surface area contributed by atoms with E-state index in [4.69, 9.17) is 5.73 Å². The van der Waals surface area contributed by atoms with Crippen molar-refractivity contribution in [2.45, 2.75) is 38.3 Å². The standard InChI is InChI=1S/C27H31N7O/c28-25-24-26(30-18-29-25)34(19-31-24)14-4-13-33-15-11-23(12-16-33)32-27(35)22-9-7-21(8-10-22)17-20-5-2-1-3-6-20/h1-3,5-10,18-19,23H,4,11-17H2,(H,32,35)(H2,28,29,30). The number of hydrogen-bond donors (Lipinski definition) is 2. The zero-order valence-electron chi connectivity index (χ0n) is 19.8. The molecule has 2 aromatic carbocycles. The molecule has 1 amide bonds. The van der Waals surface area contributed by atoms with Crippen molar-refractivity contribution < 1.29 is 4.79 Å². The van der Waals surface area contributed by atoms with Crippen LogP contribution in [-0.2, 0) is 13.0 Å². The molecule has 1 saturated heterocycles. The predicted octanol–water partition coefficient (Wildman–Crippen LogP) is 3.28. The smallest absolute Gasteiger partial charge is 0.251 e. The van der Waals surface area contributed by atoms with E-state index in [9.17, 15) is 4.79 Å². The van der Waals surface area contributed by atoms with Crippen LogP contribution in [-0.4, -0.2) is 56.0 Å². The van der Waals surface area contributed by atoms with Crippen molar-refractivity contribution in [3.8, 4) is 0 Å². The van der Waals surface area contributed by atoms with Gasteiger partial charge in [-0.05, 0) is 55.5 Å². The number of likely N-dealkylation sites (tertiary alicyclic amines) is 1. The van der Waals surface area contributed by atoms with Gasteiger partial charge in [0.15, 0.2) is 11.5 Å². The van der Waals surface area contributed by atoms with Crippen LogP contribution in [0, 0.1) is 0 Å². The number of rotatable bonds is 8. The number of benzene rings is 2. The molecule has 1 aliphatic heterocycles. The summed E-state index contributed by atoms with van der Waals surface area (Å²) < 4.78 is 2.03. The van der Waals surface area contributed by atoms with Gasteiger partial charge in [-0.25, -0.2) is 15.0 Å². The second-order valence-corrected chi connectivity index (χ2v) is 9.17. The van der Waals surface area contributed by atoms with Crippen molar-refractivity contribution in [2.24, 2.45) is 0 Å². The van der Waals surface area contributed by atoms with Crippen molar-refractivity contribution in [1.29, 1.82) is 0 Å². The van der Waals surface area contributed by atoms with E-state index >= 15 is 0 Å². The highest BCUT2D eigenvalue weighted by atomic mass is 16.1. The number of fused-ring (bicyclic) bond motifs is 1. The monoisotopic (exact) mass is 469 g/mol. The van der Waals surface area contributed by atoms with Crippen LogP contribution in [0.2, 0.25) is 0 Å². The number of amides is 1. The first-order valence-electron chi connectivity index (χ1n) is 12.2. The Morgan fingerprint density at radius 1 is 0.943 bits per heavy atom. The van der Waals surface area contributed by atoms with Gasteiger partial charge >= 0.3 is 0 Å². The summed E-state index contributed by atoms with van der Waals surface area (Å²) in [7, 11) is 0. The van der Waals surface area contributed by atoms with Crippen molar-refractivity contribution in [3.63, 3.8) is 0 Å². The Labute approximate surface area is 205 Å². The lowest BCUT2D eigenvalue weighted by atomic mass is 10.0. The SMILES string of the molecule is Nc1ncnc2c1ncn2CCCN1CCC(NC(=O)c2ccc(Cc3ccccc3)cc2)CC1. The van der Waals surface area contributed by atoms with E-state index in [1.165, 1.54) is 17.5 Å². The van der Waals surface area contributed by atoms with Crippen molar-refractivity contribution in [3.05, 3.63) is 83.9 Å². The maximum Gasteiger partial charge on any atom is 0.251 e. The second kappa shape index (κ2) is 10.7.